The average Bonchev–Trinajstić information content (AvgIpc) is 2.80. The zero-order chi connectivity index (χ0) is 22.6. The van der Waals surface area contributed by atoms with Crippen LogP contribution in [0.1, 0.15) is 61.8 Å². The zero-order valence-electron chi connectivity index (χ0n) is 19.4. The van der Waals surface area contributed by atoms with E-state index in [2.05, 4.69) is 69.3 Å². The van der Waals surface area contributed by atoms with Crippen molar-refractivity contribution in [2.24, 2.45) is 0 Å². The molecule has 0 atom stereocenters. The van der Waals surface area contributed by atoms with E-state index in [1.165, 1.54) is 22.3 Å². The number of ether oxygens (including phenoxy) is 1. The van der Waals surface area contributed by atoms with Crippen LogP contribution in [-0.4, -0.2) is 24.1 Å². The maximum atomic E-state index is 12.6. The van der Waals surface area contributed by atoms with Gasteiger partial charge in [0.2, 0.25) is 0 Å². The topological polar surface area (TPSA) is 29.5 Å². The Bertz CT molecular complexity index is 1030. The molecule has 3 nitrogen and oxygen atoms in total. The molecule has 0 aliphatic carbocycles. The third kappa shape index (κ3) is 5.40. The number of hydrogen-bond donors (Lipinski definition) is 0. The van der Waals surface area contributed by atoms with Gasteiger partial charge in [-0.1, -0.05) is 87.5 Å². The first-order valence-electron chi connectivity index (χ1n) is 11.6. The number of hydrogen-bond acceptors (Lipinski definition) is 2. The van der Waals surface area contributed by atoms with E-state index in [0.29, 0.717) is 11.7 Å². The Morgan fingerprint density at radius 2 is 1.53 bits per heavy atom. The maximum Gasteiger partial charge on any atom is 0.415 e. The van der Waals surface area contributed by atoms with E-state index in [-0.39, 0.29) is 11.5 Å². The fraction of sp³-hybridized carbons (Fsp3) is 0.345. The minimum absolute atomic E-state index is 0.120. The second-order valence-corrected chi connectivity index (χ2v) is 9.77. The fourth-order valence-electron chi connectivity index (χ4n) is 4.47. The predicted octanol–water partition coefficient (Wildman–Crippen LogP) is 6.95. The predicted molar refractivity (Wildman–Crippen MR) is 130 cm³/mol. The Hall–Kier alpha value is -3.07. The summed E-state index contributed by atoms with van der Waals surface area (Å²) in [5.41, 5.74) is 5.67. The molecule has 1 amide bonds. The number of rotatable bonds is 4. The van der Waals surface area contributed by atoms with E-state index in [0.717, 1.165) is 32.4 Å². The monoisotopic (exact) mass is 427 g/mol. The quantitative estimate of drug-likeness (QED) is 0.451. The van der Waals surface area contributed by atoms with Crippen molar-refractivity contribution in [3.63, 3.8) is 0 Å². The van der Waals surface area contributed by atoms with Gasteiger partial charge in [-0.15, -0.1) is 0 Å². The van der Waals surface area contributed by atoms with Crippen LogP contribution in [0.25, 0.3) is 0 Å². The Balaban J connectivity index is 1.49. The number of para-hydroxylation sites is 1. The van der Waals surface area contributed by atoms with Crippen molar-refractivity contribution in [3.05, 3.63) is 101 Å². The molecule has 1 heterocycles. The van der Waals surface area contributed by atoms with Crippen LogP contribution in [0.15, 0.2) is 78.9 Å². The summed E-state index contributed by atoms with van der Waals surface area (Å²) < 4.78 is 5.54. The third-order valence-corrected chi connectivity index (χ3v) is 6.39. The van der Waals surface area contributed by atoms with Crippen LogP contribution in [0.5, 0.6) is 5.75 Å². The number of benzene rings is 3. The summed E-state index contributed by atoms with van der Waals surface area (Å²) in [5, 5.41) is 0. The van der Waals surface area contributed by atoms with Crippen molar-refractivity contribution in [1.29, 1.82) is 0 Å². The number of likely N-dealkylation sites (tertiary alicyclic amines) is 1. The molecule has 1 aliphatic rings. The summed E-state index contributed by atoms with van der Waals surface area (Å²) in [6.07, 6.45) is 2.61. The van der Waals surface area contributed by atoms with Crippen molar-refractivity contribution in [3.8, 4) is 5.75 Å². The van der Waals surface area contributed by atoms with Gasteiger partial charge in [0, 0.05) is 13.1 Å². The Kier molecular flexibility index (Phi) is 6.64. The highest BCUT2D eigenvalue weighted by molar-refractivity contribution is 5.70. The van der Waals surface area contributed by atoms with Gasteiger partial charge < -0.3 is 9.64 Å². The fourth-order valence-corrected chi connectivity index (χ4v) is 4.47. The molecule has 166 valence electrons. The van der Waals surface area contributed by atoms with E-state index in [1.54, 1.807) is 0 Å². The molecule has 4 rings (SSSR count). The SMILES string of the molecule is CC(C)(C)c1ccc(C2CCN(C(=O)Oc3ccccc3)CC2)c(Cc2ccccc2)c1. The molecular formula is C29H33NO2. The molecule has 0 saturated carbocycles. The van der Waals surface area contributed by atoms with Crippen LogP contribution in [0, 0.1) is 0 Å². The van der Waals surface area contributed by atoms with E-state index in [9.17, 15) is 4.79 Å². The van der Waals surface area contributed by atoms with Gasteiger partial charge in [-0.25, -0.2) is 4.79 Å². The van der Waals surface area contributed by atoms with Crippen molar-refractivity contribution in [2.75, 3.05) is 13.1 Å². The molecule has 0 N–H and O–H groups in total. The van der Waals surface area contributed by atoms with Crippen LogP contribution in [0.3, 0.4) is 0 Å². The van der Waals surface area contributed by atoms with Gasteiger partial charge in [0.05, 0.1) is 0 Å². The molecular weight excluding hydrogens is 394 g/mol. The van der Waals surface area contributed by atoms with E-state index >= 15 is 0 Å². The Labute approximate surface area is 192 Å². The normalized spacial score (nSPS) is 14.9. The van der Waals surface area contributed by atoms with Gasteiger partial charge in [0.15, 0.2) is 0 Å². The highest BCUT2D eigenvalue weighted by atomic mass is 16.6. The second-order valence-electron chi connectivity index (χ2n) is 9.77. The molecule has 0 spiro atoms. The van der Waals surface area contributed by atoms with Crippen LogP contribution >= 0.6 is 0 Å². The number of piperidine rings is 1. The lowest BCUT2D eigenvalue weighted by Gasteiger charge is -2.33. The summed E-state index contributed by atoms with van der Waals surface area (Å²) in [5.74, 6) is 1.06. The smallest absolute Gasteiger partial charge is 0.410 e. The summed E-state index contributed by atoms with van der Waals surface area (Å²) in [6, 6.07) is 27.0. The molecule has 0 aromatic heterocycles. The van der Waals surface area contributed by atoms with E-state index < -0.39 is 0 Å². The van der Waals surface area contributed by atoms with E-state index in [4.69, 9.17) is 4.74 Å². The van der Waals surface area contributed by atoms with Crippen LogP contribution in [-0.2, 0) is 11.8 Å². The molecule has 1 aliphatic heterocycles. The molecule has 3 aromatic rings. The lowest BCUT2D eigenvalue weighted by Crippen LogP contribution is -2.39. The van der Waals surface area contributed by atoms with Crippen LogP contribution in [0.4, 0.5) is 4.79 Å². The van der Waals surface area contributed by atoms with Gasteiger partial charge >= 0.3 is 6.09 Å². The van der Waals surface area contributed by atoms with Gasteiger partial charge in [0.1, 0.15) is 5.75 Å². The standard InChI is InChI=1S/C29H33NO2/c1-29(2,3)25-14-15-27(24(21-25)20-22-10-6-4-7-11-22)23-16-18-30(19-17-23)28(31)32-26-12-8-5-9-13-26/h4-15,21,23H,16-20H2,1-3H3. The van der Waals surface area contributed by atoms with Gasteiger partial charge in [0.25, 0.3) is 0 Å². The molecule has 0 bridgehead atoms. The third-order valence-electron chi connectivity index (χ3n) is 6.39. The highest BCUT2D eigenvalue weighted by Crippen LogP contribution is 2.34. The molecule has 3 heteroatoms. The lowest BCUT2D eigenvalue weighted by atomic mass is 9.80. The Morgan fingerprint density at radius 1 is 0.906 bits per heavy atom. The molecule has 1 saturated heterocycles. The largest absolute Gasteiger partial charge is 0.415 e. The molecule has 0 radical (unpaired) electrons. The maximum absolute atomic E-state index is 12.6. The number of carbonyl (C=O) groups excluding carboxylic acids is 1. The minimum Gasteiger partial charge on any atom is -0.410 e. The van der Waals surface area contributed by atoms with Crippen molar-refractivity contribution in [1.82, 2.24) is 4.90 Å². The average molecular weight is 428 g/mol. The van der Waals surface area contributed by atoms with Crippen LogP contribution in [0.2, 0.25) is 0 Å². The van der Waals surface area contributed by atoms with E-state index in [1.807, 2.05) is 35.2 Å². The Morgan fingerprint density at radius 3 is 2.16 bits per heavy atom. The highest BCUT2D eigenvalue weighted by Gasteiger charge is 2.27. The summed E-state index contributed by atoms with van der Waals surface area (Å²) in [7, 11) is 0. The first-order chi connectivity index (χ1) is 15.4. The summed E-state index contributed by atoms with van der Waals surface area (Å²) in [4.78, 5) is 14.4. The number of nitrogens with zero attached hydrogens (tertiary/aromatic N) is 1. The minimum atomic E-state index is -0.248. The lowest BCUT2D eigenvalue weighted by molar-refractivity contribution is 0.138. The van der Waals surface area contributed by atoms with Gasteiger partial charge in [-0.05, 0) is 65.0 Å². The van der Waals surface area contributed by atoms with Gasteiger partial charge in [-0.2, -0.15) is 0 Å². The van der Waals surface area contributed by atoms with Crippen molar-refractivity contribution < 1.29 is 9.53 Å². The number of carbonyl (C=O) groups is 1. The second kappa shape index (κ2) is 9.60. The van der Waals surface area contributed by atoms with Gasteiger partial charge in [-0.3, -0.25) is 0 Å². The molecule has 32 heavy (non-hydrogen) atoms. The summed E-state index contributed by atoms with van der Waals surface area (Å²) >= 11 is 0. The van der Waals surface area contributed by atoms with Crippen molar-refractivity contribution >= 4 is 6.09 Å². The molecule has 3 aromatic carbocycles. The first-order valence-corrected chi connectivity index (χ1v) is 11.6. The number of amides is 1. The van der Waals surface area contributed by atoms with Crippen molar-refractivity contribution in [2.45, 2.75) is 51.4 Å². The molecule has 0 unspecified atom stereocenters. The zero-order valence-corrected chi connectivity index (χ0v) is 19.4. The first kappa shape index (κ1) is 22.1. The van der Waals surface area contributed by atoms with Crippen LogP contribution < -0.4 is 4.74 Å². The summed E-state index contributed by atoms with van der Waals surface area (Å²) in [6.45, 7) is 8.26. The molecule has 1 fully saturated rings.